The number of rotatable bonds is 3. The zero-order chi connectivity index (χ0) is 14.2. The predicted molar refractivity (Wildman–Crippen MR) is 72.3 cm³/mol. The van der Waals surface area contributed by atoms with Crippen molar-refractivity contribution < 1.29 is 20.4 Å². The topological polar surface area (TPSA) is 69.9 Å². The Balaban J connectivity index is 2.31. The lowest BCUT2D eigenvalue weighted by Crippen LogP contribution is -2.36. The van der Waals surface area contributed by atoms with Crippen molar-refractivity contribution in [2.45, 2.75) is 31.5 Å². The van der Waals surface area contributed by atoms with Crippen molar-refractivity contribution in [3.05, 3.63) is 36.5 Å². The second kappa shape index (κ2) is 5.21. The number of aliphatic hydroxyl groups is 2. The Morgan fingerprint density at radius 3 is 2.79 bits per heavy atom. The van der Waals surface area contributed by atoms with Gasteiger partial charge in [0.05, 0.1) is 12.7 Å². The van der Waals surface area contributed by atoms with Crippen LogP contribution in [-0.2, 0) is 4.89 Å². The van der Waals surface area contributed by atoms with Gasteiger partial charge in [-0.1, -0.05) is 25.3 Å². The third-order valence-corrected chi connectivity index (χ3v) is 4.68. The molecule has 1 saturated carbocycles. The summed E-state index contributed by atoms with van der Waals surface area (Å²) in [5.74, 6) is -0.0137. The van der Waals surface area contributed by atoms with E-state index in [9.17, 15) is 15.5 Å². The van der Waals surface area contributed by atoms with Crippen molar-refractivity contribution >= 4 is 0 Å². The van der Waals surface area contributed by atoms with Gasteiger partial charge in [-0.25, -0.2) is 4.89 Å². The van der Waals surface area contributed by atoms with E-state index in [1.807, 2.05) is 19.1 Å². The van der Waals surface area contributed by atoms with Gasteiger partial charge in [-0.3, -0.25) is 5.26 Å². The molecule has 3 N–H and O–H groups in total. The van der Waals surface area contributed by atoms with Crippen molar-refractivity contribution in [1.29, 1.82) is 0 Å². The maximum atomic E-state index is 10.2. The molecule has 0 aromatic carbocycles. The molecule has 0 spiro atoms. The summed E-state index contributed by atoms with van der Waals surface area (Å²) in [7, 11) is 0. The zero-order valence-electron chi connectivity index (χ0n) is 11.2. The largest absolute Gasteiger partial charge is 0.392 e. The third-order valence-electron chi connectivity index (χ3n) is 4.68. The second-order valence-electron chi connectivity index (χ2n) is 5.84. The maximum Gasteiger partial charge on any atom is 0.122 e. The van der Waals surface area contributed by atoms with Gasteiger partial charge in [-0.2, -0.15) is 0 Å². The number of aliphatic hydroxyl groups excluding tert-OH is 2. The van der Waals surface area contributed by atoms with Gasteiger partial charge in [-0.15, -0.1) is 0 Å². The number of allylic oxidation sites excluding steroid dienone is 1. The molecule has 4 nitrogen and oxygen atoms in total. The first kappa shape index (κ1) is 14.5. The van der Waals surface area contributed by atoms with Crippen LogP contribution in [-0.4, -0.2) is 33.8 Å². The van der Waals surface area contributed by atoms with Crippen LogP contribution in [0.2, 0.25) is 0 Å². The standard InChI is InChI=1S/C15H22O4/c1-9(8-16)11-6-13-12(10(2)14(17)7-11)4-5-15(13,3)19-18/h4-5,11-14,16-18H,1-2,6-8H2,3H3/t11-,12-,13-,14-,15-/m0/s1. The molecule has 2 aliphatic rings. The minimum absolute atomic E-state index is 0.00104. The minimum Gasteiger partial charge on any atom is -0.392 e. The van der Waals surface area contributed by atoms with Gasteiger partial charge < -0.3 is 10.2 Å². The molecule has 0 radical (unpaired) electrons. The predicted octanol–water partition coefficient (Wildman–Crippen LogP) is 1.91. The van der Waals surface area contributed by atoms with Crippen LogP contribution in [0.4, 0.5) is 0 Å². The second-order valence-corrected chi connectivity index (χ2v) is 5.84. The van der Waals surface area contributed by atoms with Crippen LogP contribution in [0, 0.1) is 17.8 Å². The zero-order valence-corrected chi connectivity index (χ0v) is 11.2. The Labute approximate surface area is 113 Å². The molecule has 106 valence electrons. The van der Waals surface area contributed by atoms with Gasteiger partial charge >= 0.3 is 0 Å². The van der Waals surface area contributed by atoms with Gasteiger partial charge in [0, 0.05) is 11.8 Å². The quantitative estimate of drug-likeness (QED) is 0.414. The lowest BCUT2D eigenvalue weighted by Gasteiger charge is -2.32. The molecule has 5 atom stereocenters. The molecule has 0 aromatic rings. The van der Waals surface area contributed by atoms with Crippen molar-refractivity contribution in [2.24, 2.45) is 17.8 Å². The molecule has 0 aromatic heterocycles. The first-order chi connectivity index (χ1) is 8.92. The highest BCUT2D eigenvalue weighted by Crippen LogP contribution is 2.48. The number of hydrogen-bond donors (Lipinski definition) is 3. The van der Waals surface area contributed by atoms with E-state index in [2.05, 4.69) is 18.0 Å². The number of fused-ring (bicyclic) bond motifs is 1. The maximum absolute atomic E-state index is 10.2. The fourth-order valence-corrected chi connectivity index (χ4v) is 3.28. The molecule has 0 amide bonds. The molecule has 19 heavy (non-hydrogen) atoms. The van der Waals surface area contributed by atoms with Crippen LogP contribution in [0.1, 0.15) is 19.8 Å². The van der Waals surface area contributed by atoms with Gasteiger partial charge in [0.15, 0.2) is 0 Å². The van der Waals surface area contributed by atoms with Crippen molar-refractivity contribution in [3.8, 4) is 0 Å². The van der Waals surface area contributed by atoms with Crippen molar-refractivity contribution in [3.63, 3.8) is 0 Å². The van der Waals surface area contributed by atoms with E-state index in [0.717, 1.165) is 5.57 Å². The molecular formula is C15H22O4. The van der Waals surface area contributed by atoms with Crippen LogP contribution < -0.4 is 0 Å². The Morgan fingerprint density at radius 2 is 2.21 bits per heavy atom. The highest BCUT2D eigenvalue weighted by atomic mass is 17.1. The third kappa shape index (κ3) is 2.41. The van der Waals surface area contributed by atoms with Crippen LogP contribution >= 0.6 is 0 Å². The lowest BCUT2D eigenvalue weighted by molar-refractivity contribution is -0.315. The first-order valence-corrected chi connectivity index (χ1v) is 6.60. The first-order valence-electron chi connectivity index (χ1n) is 6.60. The van der Waals surface area contributed by atoms with E-state index in [-0.39, 0.29) is 24.4 Å². The Morgan fingerprint density at radius 1 is 1.53 bits per heavy atom. The smallest absolute Gasteiger partial charge is 0.122 e. The van der Waals surface area contributed by atoms with Crippen molar-refractivity contribution in [2.75, 3.05) is 6.61 Å². The van der Waals surface area contributed by atoms with Crippen LogP contribution in [0.5, 0.6) is 0 Å². The van der Waals surface area contributed by atoms with E-state index >= 15 is 0 Å². The molecule has 2 rings (SSSR count). The van der Waals surface area contributed by atoms with E-state index < -0.39 is 11.7 Å². The van der Waals surface area contributed by atoms with E-state index in [0.29, 0.717) is 18.4 Å². The van der Waals surface area contributed by atoms with Gasteiger partial charge in [0.2, 0.25) is 0 Å². The molecular weight excluding hydrogens is 244 g/mol. The summed E-state index contributed by atoms with van der Waals surface area (Å²) in [4.78, 5) is 4.67. The van der Waals surface area contributed by atoms with E-state index in [1.54, 1.807) is 0 Å². The monoisotopic (exact) mass is 266 g/mol. The molecule has 1 fully saturated rings. The molecule has 4 heteroatoms. The molecule has 0 aliphatic heterocycles. The molecule has 0 heterocycles. The van der Waals surface area contributed by atoms with E-state index in [4.69, 9.17) is 0 Å². The van der Waals surface area contributed by atoms with Crippen LogP contribution in [0.3, 0.4) is 0 Å². The summed E-state index contributed by atoms with van der Waals surface area (Å²) in [6.45, 7) is 9.58. The molecule has 0 unspecified atom stereocenters. The molecule has 0 bridgehead atoms. The average molecular weight is 266 g/mol. The Bertz CT molecular complexity index is 414. The summed E-state index contributed by atoms with van der Waals surface area (Å²) in [5.41, 5.74) is 0.681. The van der Waals surface area contributed by atoms with Crippen LogP contribution in [0.25, 0.3) is 0 Å². The summed E-state index contributed by atoms with van der Waals surface area (Å²) < 4.78 is 0. The highest BCUT2D eigenvalue weighted by molar-refractivity contribution is 5.29. The SMILES string of the molecule is C=C(CO)[C@@H]1C[C@H](O)C(=C)[C@@H]2C=C[C@](C)(OO)[C@H]2C1. The lowest BCUT2D eigenvalue weighted by atomic mass is 9.78. The van der Waals surface area contributed by atoms with E-state index in [1.165, 1.54) is 0 Å². The number of hydrogen-bond acceptors (Lipinski definition) is 4. The summed E-state index contributed by atoms with van der Waals surface area (Å²) in [5, 5.41) is 28.6. The average Bonchev–Trinajstić information content (AvgIpc) is 2.67. The Kier molecular flexibility index (Phi) is 3.97. The summed E-state index contributed by atoms with van der Waals surface area (Å²) in [6, 6.07) is 0. The van der Waals surface area contributed by atoms with Gasteiger partial charge in [0.25, 0.3) is 0 Å². The minimum atomic E-state index is -0.772. The summed E-state index contributed by atoms with van der Waals surface area (Å²) in [6.07, 6.45) is 4.36. The fraction of sp³-hybridized carbons (Fsp3) is 0.600. The fourth-order valence-electron chi connectivity index (χ4n) is 3.28. The van der Waals surface area contributed by atoms with Gasteiger partial charge in [-0.05, 0) is 36.8 Å². The molecule has 0 saturated heterocycles. The normalized spacial score (nSPS) is 42.0. The van der Waals surface area contributed by atoms with Crippen LogP contribution in [0.15, 0.2) is 36.5 Å². The Hall–Kier alpha value is -0.940. The van der Waals surface area contributed by atoms with Gasteiger partial charge in [0.1, 0.15) is 5.60 Å². The molecule has 2 aliphatic carbocycles. The highest BCUT2D eigenvalue weighted by Gasteiger charge is 2.47. The summed E-state index contributed by atoms with van der Waals surface area (Å²) >= 11 is 0. The van der Waals surface area contributed by atoms with Crippen molar-refractivity contribution in [1.82, 2.24) is 0 Å².